The summed E-state index contributed by atoms with van der Waals surface area (Å²) in [4.78, 5) is 22.9. The van der Waals surface area contributed by atoms with Crippen LogP contribution in [-0.4, -0.2) is 44.6 Å². The fraction of sp³-hybridized carbons (Fsp3) is 0.250. The van der Waals surface area contributed by atoms with Gasteiger partial charge in [0, 0.05) is 40.3 Å². The number of anilines is 1. The zero-order valence-electron chi connectivity index (χ0n) is 15.3. The maximum atomic E-state index is 12.6. The summed E-state index contributed by atoms with van der Waals surface area (Å²) in [6, 6.07) is 9.63. The van der Waals surface area contributed by atoms with Crippen LogP contribution in [0.2, 0.25) is 5.15 Å². The van der Waals surface area contributed by atoms with Crippen LogP contribution in [0, 0.1) is 0 Å². The molecule has 4 aromatic rings. The van der Waals surface area contributed by atoms with E-state index in [2.05, 4.69) is 43.5 Å². The van der Waals surface area contributed by atoms with E-state index >= 15 is 0 Å². The van der Waals surface area contributed by atoms with E-state index in [1.54, 1.807) is 24.4 Å². The van der Waals surface area contributed by atoms with Gasteiger partial charge in [-0.2, -0.15) is 5.10 Å². The topological polar surface area (TPSA) is 89.7 Å². The first-order valence-electron chi connectivity index (χ1n) is 9.22. The number of fused-ring (bicyclic) bond motifs is 2. The van der Waals surface area contributed by atoms with E-state index < -0.39 is 0 Å². The second-order valence-corrected chi connectivity index (χ2v) is 7.62. The molecule has 1 atom stereocenters. The van der Waals surface area contributed by atoms with Crippen molar-refractivity contribution >= 4 is 45.1 Å². The molecule has 0 aliphatic carbocycles. The van der Waals surface area contributed by atoms with E-state index in [0.717, 1.165) is 29.4 Å². The number of carbonyl (C=O) groups is 1. The van der Waals surface area contributed by atoms with E-state index in [1.165, 1.54) is 12.1 Å². The van der Waals surface area contributed by atoms with Gasteiger partial charge in [-0.15, -0.1) is 0 Å². The average Bonchev–Trinajstić information content (AvgIpc) is 3.39. The van der Waals surface area contributed by atoms with E-state index in [0.29, 0.717) is 28.0 Å². The molecule has 4 heterocycles. The number of benzene rings is 1. The van der Waals surface area contributed by atoms with Crippen molar-refractivity contribution in [1.82, 2.24) is 25.1 Å². The summed E-state index contributed by atoms with van der Waals surface area (Å²) in [7, 11) is 2.15. The standard InChI is InChI=1S/C20H19ClN6O/c1-27-6-2-3-17(27)16-8-12-10-22-18(9-15(12)23-16)24-20(28)11-4-5-14-13(7-11)19(21)26-25-14/h4-5,7-10,17,23H,2-3,6H2,1H3,(H,25,26)(H,22,24,28)/t17-/m1/s1. The maximum Gasteiger partial charge on any atom is 0.256 e. The van der Waals surface area contributed by atoms with Crippen molar-refractivity contribution in [2.45, 2.75) is 18.9 Å². The minimum atomic E-state index is -0.242. The van der Waals surface area contributed by atoms with Crippen LogP contribution in [0.3, 0.4) is 0 Å². The van der Waals surface area contributed by atoms with Crippen molar-refractivity contribution in [3.8, 4) is 0 Å². The summed E-state index contributed by atoms with van der Waals surface area (Å²) in [6.45, 7) is 1.12. The molecule has 8 heteroatoms. The van der Waals surface area contributed by atoms with Crippen molar-refractivity contribution in [2.75, 3.05) is 18.9 Å². The highest BCUT2D eigenvalue weighted by Crippen LogP contribution is 2.32. The third-order valence-corrected chi connectivity index (χ3v) is 5.70. The van der Waals surface area contributed by atoms with Crippen molar-refractivity contribution in [3.05, 3.63) is 52.9 Å². The maximum absolute atomic E-state index is 12.6. The van der Waals surface area contributed by atoms with E-state index in [9.17, 15) is 4.79 Å². The van der Waals surface area contributed by atoms with E-state index in [4.69, 9.17) is 11.6 Å². The number of rotatable bonds is 3. The van der Waals surface area contributed by atoms with Crippen LogP contribution in [0.15, 0.2) is 36.5 Å². The highest BCUT2D eigenvalue weighted by molar-refractivity contribution is 6.34. The number of nitrogens with one attached hydrogen (secondary N) is 3. The Labute approximate surface area is 166 Å². The molecule has 0 radical (unpaired) electrons. The SMILES string of the molecule is CN1CCC[C@@H]1c1cc2cnc(NC(=O)c3ccc4n[nH]c(Cl)c4c3)cc2[nH]1. The average molecular weight is 395 g/mol. The molecule has 1 aromatic carbocycles. The number of halogens is 1. The van der Waals surface area contributed by atoms with Gasteiger partial charge in [0.25, 0.3) is 5.91 Å². The molecule has 1 saturated heterocycles. The molecular weight excluding hydrogens is 376 g/mol. The fourth-order valence-corrected chi connectivity index (χ4v) is 4.10. The number of hydrogen-bond acceptors (Lipinski definition) is 4. The molecule has 1 fully saturated rings. The second kappa shape index (κ2) is 6.61. The zero-order valence-corrected chi connectivity index (χ0v) is 16.0. The lowest BCUT2D eigenvalue weighted by atomic mass is 10.1. The minimum Gasteiger partial charge on any atom is -0.357 e. The number of nitrogens with zero attached hydrogens (tertiary/aromatic N) is 3. The summed E-state index contributed by atoms with van der Waals surface area (Å²) in [5, 5.41) is 11.8. The zero-order chi connectivity index (χ0) is 19.3. The molecular formula is C20H19ClN6O. The van der Waals surface area contributed by atoms with Crippen molar-refractivity contribution in [1.29, 1.82) is 0 Å². The van der Waals surface area contributed by atoms with Crippen LogP contribution < -0.4 is 5.32 Å². The highest BCUT2D eigenvalue weighted by atomic mass is 35.5. The largest absolute Gasteiger partial charge is 0.357 e. The van der Waals surface area contributed by atoms with Crippen molar-refractivity contribution in [2.24, 2.45) is 0 Å². The molecule has 3 aromatic heterocycles. The molecule has 1 aliphatic heterocycles. The number of aromatic nitrogens is 4. The molecule has 0 unspecified atom stereocenters. The molecule has 142 valence electrons. The first kappa shape index (κ1) is 17.2. The number of aromatic amines is 2. The second-order valence-electron chi connectivity index (χ2n) is 7.24. The van der Waals surface area contributed by atoms with Gasteiger partial charge in [0.15, 0.2) is 0 Å². The molecule has 7 nitrogen and oxygen atoms in total. The number of H-pyrrole nitrogens is 2. The van der Waals surface area contributed by atoms with Crippen LogP contribution in [0.4, 0.5) is 5.82 Å². The molecule has 3 N–H and O–H groups in total. The van der Waals surface area contributed by atoms with Crippen molar-refractivity contribution in [3.63, 3.8) is 0 Å². The molecule has 5 rings (SSSR count). The first-order chi connectivity index (χ1) is 13.6. The molecule has 0 spiro atoms. The smallest absolute Gasteiger partial charge is 0.256 e. The summed E-state index contributed by atoms with van der Waals surface area (Å²) in [5.41, 5.74) is 3.38. The Morgan fingerprint density at radius 3 is 3.04 bits per heavy atom. The van der Waals surface area contributed by atoms with Crippen LogP contribution >= 0.6 is 11.6 Å². The third-order valence-electron chi connectivity index (χ3n) is 5.42. The van der Waals surface area contributed by atoms with Gasteiger partial charge >= 0.3 is 0 Å². The fourth-order valence-electron chi connectivity index (χ4n) is 3.91. The molecule has 0 saturated carbocycles. The molecule has 0 bridgehead atoms. The predicted molar refractivity (Wildman–Crippen MR) is 110 cm³/mol. The molecule has 1 aliphatic rings. The minimum absolute atomic E-state index is 0.242. The molecule has 28 heavy (non-hydrogen) atoms. The lowest BCUT2D eigenvalue weighted by Crippen LogP contribution is -2.17. The van der Waals surface area contributed by atoms with E-state index in [-0.39, 0.29) is 5.91 Å². The number of likely N-dealkylation sites (tertiary alicyclic amines) is 1. The van der Waals surface area contributed by atoms with Crippen LogP contribution in [0.5, 0.6) is 0 Å². The Kier molecular flexibility index (Phi) is 4.07. The van der Waals surface area contributed by atoms with Gasteiger partial charge in [0.1, 0.15) is 11.0 Å². The van der Waals surface area contributed by atoms with Crippen LogP contribution in [0.1, 0.15) is 34.9 Å². The van der Waals surface area contributed by atoms with Gasteiger partial charge in [-0.1, -0.05) is 11.6 Å². The quantitative estimate of drug-likeness (QED) is 0.487. The summed E-state index contributed by atoms with van der Waals surface area (Å²) in [5.74, 6) is 0.261. The van der Waals surface area contributed by atoms with Gasteiger partial charge in [-0.05, 0) is 50.7 Å². The summed E-state index contributed by atoms with van der Waals surface area (Å²) >= 11 is 6.07. The van der Waals surface area contributed by atoms with Gasteiger partial charge in [-0.25, -0.2) is 4.98 Å². The van der Waals surface area contributed by atoms with Gasteiger partial charge in [-0.3, -0.25) is 14.8 Å². The summed E-state index contributed by atoms with van der Waals surface area (Å²) < 4.78 is 0. The number of amides is 1. The first-order valence-corrected chi connectivity index (χ1v) is 9.60. The van der Waals surface area contributed by atoms with Gasteiger partial charge < -0.3 is 10.3 Å². The Bertz CT molecular complexity index is 1200. The Hall–Kier alpha value is -2.90. The monoisotopic (exact) mass is 394 g/mol. The normalized spacial score (nSPS) is 17.6. The lowest BCUT2D eigenvalue weighted by Gasteiger charge is -2.17. The van der Waals surface area contributed by atoms with E-state index in [1.807, 2.05) is 6.07 Å². The number of pyridine rings is 1. The van der Waals surface area contributed by atoms with Crippen LogP contribution in [0.25, 0.3) is 21.8 Å². The summed E-state index contributed by atoms with van der Waals surface area (Å²) in [6.07, 6.45) is 4.15. The lowest BCUT2D eigenvalue weighted by molar-refractivity contribution is 0.102. The van der Waals surface area contributed by atoms with Gasteiger partial charge in [0.05, 0.1) is 11.0 Å². The predicted octanol–water partition coefficient (Wildman–Crippen LogP) is 4.11. The Morgan fingerprint density at radius 1 is 1.32 bits per heavy atom. The Morgan fingerprint density at radius 2 is 2.21 bits per heavy atom. The Balaban J connectivity index is 1.40. The van der Waals surface area contributed by atoms with Crippen LogP contribution in [-0.2, 0) is 0 Å². The molecule has 1 amide bonds. The van der Waals surface area contributed by atoms with Crippen molar-refractivity contribution < 1.29 is 4.79 Å². The highest BCUT2D eigenvalue weighted by Gasteiger charge is 2.24. The number of carbonyl (C=O) groups excluding carboxylic acids is 1. The third kappa shape index (κ3) is 2.93. The number of hydrogen-bond donors (Lipinski definition) is 3. The van der Waals surface area contributed by atoms with Gasteiger partial charge in [0.2, 0.25) is 0 Å².